The molecule has 12 heteroatoms. The molecule has 38 heavy (non-hydrogen) atoms. The first kappa shape index (κ1) is 25.0. The smallest absolute Gasteiger partial charge is 0.419 e. The quantitative estimate of drug-likeness (QED) is 0.566. The second kappa shape index (κ2) is 8.88. The molecule has 2 aliphatic carbocycles. The zero-order valence-corrected chi connectivity index (χ0v) is 21.2. The van der Waals surface area contributed by atoms with Crippen LogP contribution in [0.4, 0.5) is 24.5 Å². The number of halogens is 3. The Hall–Kier alpha value is -3.30. The Balaban J connectivity index is 1.26. The predicted molar refractivity (Wildman–Crippen MR) is 136 cm³/mol. The lowest BCUT2D eigenvalue weighted by Crippen LogP contribution is -2.57. The van der Waals surface area contributed by atoms with E-state index in [-0.39, 0.29) is 22.4 Å². The molecule has 2 saturated heterocycles. The summed E-state index contributed by atoms with van der Waals surface area (Å²) in [5, 5.41) is 12.8. The van der Waals surface area contributed by atoms with E-state index in [1.807, 2.05) is 0 Å². The summed E-state index contributed by atoms with van der Waals surface area (Å²) >= 11 is 5.65. The van der Waals surface area contributed by atoms with Crippen LogP contribution >= 0.6 is 12.2 Å². The van der Waals surface area contributed by atoms with E-state index in [2.05, 4.69) is 15.3 Å². The Morgan fingerprint density at radius 3 is 2.45 bits per heavy atom. The minimum absolute atomic E-state index is 0.0510. The first-order valence-electron chi connectivity index (χ1n) is 12.7. The molecule has 2 aromatic rings. The van der Waals surface area contributed by atoms with Crippen LogP contribution in [0.25, 0.3) is 0 Å². The molecule has 8 nitrogen and oxygen atoms in total. The maximum atomic E-state index is 13.6. The molecule has 2 saturated carbocycles. The molecule has 4 aliphatic rings. The van der Waals surface area contributed by atoms with Crippen molar-refractivity contribution in [2.24, 2.45) is 0 Å². The number of hydrogen-bond acceptors (Lipinski definition) is 7. The summed E-state index contributed by atoms with van der Waals surface area (Å²) < 4.78 is 46.9. The highest BCUT2D eigenvalue weighted by Gasteiger charge is 2.60. The highest BCUT2D eigenvalue weighted by molar-refractivity contribution is 7.81. The molecule has 0 bridgehead atoms. The van der Waals surface area contributed by atoms with E-state index >= 15 is 0 Å². The van der Waals surface area contributed by atoms with E-state index in [0.717, 1.165) is 55.8 Å². The monoisotopic (exact) mass is 542 g/mol. The van der Waals surface area contributed by atoms with E-state index in [9.17, 15) is 18.0 Å². The van der Waals surface area contributed by atoms with Gasteiger partial charge in [-0.05, 0) is 75.8 Å². The lowest BCUT2D eigenvalue weighted by Gasteiger charge is -2.48. The van der Waals surface area contributed by atoms with Gasteiger partial charge in [0.05, 0.1) is 29.3 Å². The van der Waals surface area contributed by atoms with Crippen LogP contribution in [0.2, 0.25) is 0 Å². The van der Waals surface area contributed by atoms with Crippen molar-refractivity contribution in [3.63, 3.8) is 0 Å². The van der Waals surface area contributed by atoms with Crippen LogP contribution in [0.15, 0.2) is 30.6 Å². The Labute approximate surface area is 222 Å². The average Bonchev–Trinajstić information content (AvgIpc) is 3.09. The number of amides is 1. The zero-order chi connectivity index (χ0) is 26.7. The summed E-state index contributed by atoms with van der Waals surface area (Å²) in [5.41, 5.74) is -2.32. The molecule has 1 amide bonds. The predicted octanol–water partition coefficient (Wildman–Crippen LogP) is 4.48. The molecular formula is C26H25F3N6O2S. The number of carbonyl (C=O) groups is 1. The van der Waals surface area contributed by atoms with E-state index in [1.54, 1.807) is 23.2 Å². The highest BCUT2D eigenvalue weighted by Crippen LogP contribution is 2.48. The van der Waals surface area contributed by atoms with Gasteiger partial charge in [0.15, 0.2) is 10.8 Å². The standard InChI is InChI=1S/C26H25F3N6O2S/c27-26(28,29)19-11-17(15-31-20(19)13-30)34-22(36)25(8-2-9-25)35(23(34)38)16-3-4-21(32-14-16)37-18-5-10-33-24(12-18)6-1-7-24/h3-4,11,14-15,18,33H,1-2,5-10,12H2/t18-/m1/s1. The van der Waals surface area contributed by atoms with Gasteiger partial charge in [-0.15, -0.1) is 0 Å². The number of alkyl halides is 3. The number of pyridine rings is 2. The van der Waals surface area contributed by atoms with Crippen LogP contribution in [-0.4, -0.2) is 44.7 Å². The fraction of sp³-hybridized carbons (Fsp3) is 0.500. The van der Waals surface area contributed by atoms with Gasteiger partial charge in [0.1, 0.15) is 17.7 Å². The molecule has 2 aliphatic heterocycles. The topological polar surface area (TPSA) is 94.4 Å². The average molecular weight is 543 g/mol. The molecule has 4 heterocycles. The first-order chi connectivity index (χ1) is 18.2. The molecule has 198 valence electrons. The summed E-state index contributed by atoms with van der Waals surface area (Å²) in [6.45, 7) is 0.908. The van der Waals surface area contributed by atoms with Gasteiger partial charge in [-0.1, -0.05) is 0 Å². The summed E-state index contributed by atoms with van der Waals surface area (Å²) in [7, 11) is 0. The number of nitrogens with one attached hydrogen (secondary N) is 1. The number of anilines is 2. The summed E-state index contributed by atoms with van der Waals surface area (Å²) in [5.74, 6) is 0.0754. The van der Waals surface area contributed by atoms with Crippen LogP contribution in [0.5, 0.6) is 5.88 Å². The largest absolute Gasteiger partial charge is 0.474 e. The number of hydrogen-bond donors (Lipinski definition) is 1. The lowest BCUT2D eigenvalue weighted by atomic mass is 9.71. The molecule has 2 spiro atoms. The van der Waals surface area contributed by atoms with Crippen LogP contribution in [-0.2, 0) is 11.0 Å². The maximum absolute atomic E-state index is 13.6. The Morgan fingerprint density at radius 1 is 1.13 bits per heavy atom. The third-order valence-corrected chi connectivity index (χ3v) is 8.66. The van der Waals surface area contributed by atoms with Gasteiger partial charge in [-0.2, -0.15) is 18.4 Å². The number of carbonyl (C=O) groups excluding carboxylic acids is 1. The zero-order valence-electron chi connectivity index (χ0n) is 20.4. The third kappa shape index (κ3) is 3.91. The van der Waals surface area contributed by atoms with Crippen LogP contribution in [0, 0.1) is 11.3 Å². The molecule has 6 rings (SSSR count). The van der Waals surface area contributed by atoms with Crippen molar-refractivity contribution >= 4 is 34.6 Å². The van der Waals surface area contributed by atoms with Crippen molar-refractivity contribution in [2.75, 3.05) is 16.3 Å². The number of ether oxygens (including phenoxy) is 1. The fourth-order valence-corrected chi connectivity index (χ4v) is 6.50. The molecule has 4 fully saturated rings. The molecule has 2 aromatic heterocycles. The minimum Gasteiger partial charge on any atom is -0.474 e. The van der Waals surface area contributed by atoms with Gasteiger partial charge < -0.3 is 15.0 Å². The van der Waals surface area contributed by atoms with Gasteiger partial charge in [-0.25, -0.2) is 9.97 Å². The van der Waals surface area contributed by atoms with Crippen LogP contribution in [0.3, 0.4) is 0 Å². The number of nitriles is 1. The Kier molecular flexibility index (Phi) is 5.84. The second-order valence-corrected chi connectivity index (χ2v) is 10.9. The lowest BCUT2D eigenvalue weighted by molar-refractivity contribution is -0.138. The van der Waals surface area contributed by atoms with Crippen molar-refractivity contribution in [3.8, 4) is 11.9 Å². The van der Waals surface area contributed by atoms with Gasteiger partial charge in [0.2, 0.25) is 5.88 Å². The minimum atomic E-state index is -4.81. The molecule has 1 atom stereocenters. The molecule has 0 radical (unpaired) electrons. The first-order valence-corrected chi connectivity index (χ1v) is 13.1. The molecule has 1 N–H and O–H groups in total. The van der Waals surface area contributed by atoms with Crippen molar-refractivity contribution in [1.82, 2.24) is 15.3 Å². The molecule has 0 unspecified atom stereocenters. The van der Waals surface area contributed by atoms with Crippen molar-refractivity contribution < 1.29 is 22.7 Å². The number of rotatable bonds is 4. The van der Waals surface area contributed by atoms with Gasteiger partial charge >= 0.3 is 6.18 Å². The maximum Gasteiger partial charge on any atom is 0.419 e. The van der Waals surface area contributed by atoms with E-state index in [4.69, 9.17) is 22.2 Å². The SMILES string of the molecule is N#Cc1ncc(N2C(=O)C3(CCC3)N(c3ccc(O[C@@H]4CCNC5(CCC5)C4)nc3)C2=S)cc1C(F)(F)F. The highest BCUT2D eigenvalue weighted by atomic mass is 32.1. The summed E-state index contributed by atoms with van der Waals surface area (Å²) in [4.78, 5) is 24.5. The Morgan fingerprint density at radius 2 is 1.87 bits per heavy atom. The van der Waals surface area contributed by atoms with E-state index in [1.165, 1.54) is 12.5 Å². The number of piperidine rings is 1. The number of thiocarbonyl (C=S) groups is 1. The van der Waals surface area contributed by atoms with Crippen molar-refractivity contribution in [3.05, 3.63) is 41.9 Å². The van der Waals surface area contributed by atoms with E-state index < -0.39 is 28.9 Å². The summed E-state index contributed by atoms with van der Waals surface area (Å²) in [6, 6.07) is 5.75. The fourth-order valence-electron chi connectivity index (χ4n) is 6.03. The number of nitrogens with zero attached hydrogens (tertiary/aromatic N) is 5. The van der Waals surface area contributed by atoms with Gasteiger partial charge in [0.25, 0.3) is 5.91 Å². The number of aromatic nitrogens is 2. The van der Waals surface area contributed by atoms with Gasteiger partial charge in [-0.3, -0.25) is 9.69 Å². The Bertz CT molecular complexity index is 1330. The second-order valence-electron chi connectivity index (χ2n) is 10.5. The van der Waals surface area contributed by atoms with Crippen molar-refractivity contribution in [1.29, 1.82) is 5.26 Å². The molecular weight excluding hydrogens is 517 g/mol. The summed E-state index contributed by atoms with van der Waals surface area (Å²) in [6.07, 6.45) is 5.14. The van der Waals surface area contributed by atoms with Crippen molar-refractivity contribution in [2.45, 2.75) is 74.7 Å². The van der Waals surface area contributed by atoms with E-state index in [0.29, 0.717) is 24.4 Å². The van der Waals surface area contributed by atoms with Crippen LogP contribution in [0.1, 0.15) is 62.6 Å². The van der Waals surface area contributed by atoms with Gasteiger partial charge in [0, 0.05) is 18.0 Å². The van der Waals surface area contributed by atoms with Crippen LogP contribution < -0.4 is 19.9 Å². The third-order valence-electron chi connectivity index (χ3n) is 8.30. The normalized spacial score (nSPS) is 23.8. The molecule has 0 aromatic carbocycles.